The molecule has 10 heavy (non-hydrogen) atoms. The Morgan fingerprint density at radius 3 is 2.40 bits per heavy atom. The van der Waals surface area contributed by atoms with Crippen LogP contribution in [0.1, 0.15) is 40.0 Å². The van der Waals surface area contributed by atoms with E-state index in [0.29, 0.717) is 5.41 Å². The summed E-state index contributed by atoms with van der Waals surface area (Å²) in [5, 5.41) is 0. The number of rotatable bonds is 0. The highest BCUT2D eigenvalue weighted by Gasteiger charge is 2.34. The second-order valence-electron chi connectivity index (χ2n) is 4.26. The lowest BCUT2D eigenvalue weighted by molar-refractivity contribution is 0.208. The van der Waals surface area contributed by atoms with E-state index in [9.17, 15) is 0 Å². The average molecular weight is 205 g/mol. The Bertz CT molecular complexity index is 118. The monoisotopic (exact) mass is 204 g/mol. The lowest BCUT2D eigenvalue weighted by Gasteiger charge is -2.39. The minimum atomic E-state index is 0.525. The summed E-state index contributed by atoms with van der Waals surface area (Å²) in [5.41, 5.74) is 0.525. The Balaban J connectivity index is 2.60. The van der Waals surface area contributed by atoms with Crippen LogP contribution < -0.4 is 0 Å². The summed E-state index contributed by atoms with van der Waals surface area (Å²) in [4.78, 5) is 0.730. The molecule has 0 radical (unpaired) electrons. The topological polar surface area (TPSA) is 0 Å². The van der Waals surface area contributed by atoms with Gasteiger partial charge in [-0.3, -0.25) is 0 Å². The van der Waals surface area contributed by atoms with Crippen LogP contribution in [0, 0.1) is 11.3 Å². The summed E-state index contributed by atoms with van der Waals surface area (Å²) in [7, 11) is 0. The third-order valence-electron chi connectivity index (χ3n) is 2.73. The van der Waals surface area contributed by atoms with Crippen LogP contribution in [0.3, 0.4) is 0 Å². The molecule has 1 aliphatic carbocycles. The summed E-state index contributed by atoms with van der Waals surface area (Å²) < 4.78 is 0. The van der Waals surface area contributed by atoms with Crippen molar-refractivity contribution in [3.8, 4) is 0 Å². The molecule has 0 aromatic rings. The van der Waals surface area contributed by atoms with Crippen molar-refractivity contribution in [2.45, 2.75) is 44.9 Å². The summed E-state index contributed by atoms with van der Waals surface area (Å²) in [6.07, 6.45) is 4.20. The van der Waals surface area contributed by atoms with Crippen LogP contribution in [0.4, 0.5) is 0 Å². The molecule has 0 nitrogen and oxygen atoms in total. The number of hydrogen-bond acceptors (Lipinski definition) is 0. The van der Waals surface area contributed by atoms with E-state index in [1.807, 2.05) is 0 Å². The van der Waals surface area contributed by atoms with E-state index in [2.05, 4.69) is 36.7 Å². The second kappa shape index (κ2) is 2.84. The molecule has 0 spiro atoms. The molecule has 0 heterocycles. The van der Waals surface area contributed by atoms with Gasteiger partial charge in [-0.05, 0) is 24.2 Å². The van der Waals surface area contributed by atoms with Gasteiger partial charge in [-0.2, -0.15) is 0 Å². The van der Waals surface area contributed by atoms with E-state index in [-0.39, 0.29) is 0 Å². The minimum Gasteiger partial charge on any atom is -0.0882 e. The normalized spacial score (nSPS) is 39.6. The summed E-state index contributed by atoms with van der Waals surface area (Å²) in [6, 6.07) is 0. The molecule has 0 N–H and O–H groups in total. The maximum Gasteiger partial charge on any atom is 0.0222 e. The average Bonchev–Trinajstić information content (AvgIpc) is 1.83. The van der Waals surface area contributed by atoms with Crippen LogP contribution in [0.25, 0.3) is 0 Å². The van der Waals surface area contributed by atoms with E-state index in [4.69, 9.17) is 0 Å². The van der Waals surface area contributed by atoms with E-state index in [0.717, 1.165) is 10.7 Å². The van der Waals surface area contributed by atoms with Crippen molar-refractivity contribution < 1.29 is 0 Å². The summed E-state index contributed by atoms with van der Waals surface area (Å²) in [6.45, 7) is 7.07. The highest BCUT2D eigenvalue weighted by Crippen LogP contribution is 2.42. The second-order valence-corrected chi connectivity index (χ2v) is 5.25. The lowest BCUT2D eigenvalue weighted by Crippen LogP contribution is -2.33. The van der Waals surface area contributed by atoms with Gasteiger partial charge in [0, 0.05) is 4.83 Å². The Morgan fingerprint density at radius 2 is 2.00 bits per heavy atom. The van der Waals surface area contributed by atoms with Gasteiger partial charge in [-0.15, -0.1) is 0 Å². The zero-order chi connectivity index (χ0) is 7.78. The molecule has 1 heteroatoms. The molecule has 1 aliphatic rings. The molecule has 1 saturated carbocycles. The fraction of sp³-hybridized carbons (Fsp3) is 1.00. The van der Waals surface area contributed by atoms with Gasteiger partial charge in [0.25, 0.3) is 0 Å². The first kappa shape index (κ1) is 8.58. The molecule has 0 amide bonds. The van der Waals surface area contributed by atoms with Gasteiger partial charge in [0.1, 0.15) is 0 Å². The van der Waals surface area contributed by atoms with Crippen LogP contribution in [-0.4, -0.2) is 4.83 Å². The Hall–Kier alpha value is 0.480. The van der Waals surface area contributed by atoms with Gasteiger partial charge in [-0.1, -0.05) is 43.1 Å². The van der Waals surface area contributed by atoms with Crippen molar-refractivity contribution in [1.29, 1.82) is 0 Å². The Morgan fingerprint density at radius 1 is 1.40 bits per heavy atom. The maximum absolute atomic E-state index is 3.78. The fourth-order valence-corrected chi connectivity index (χ4v) is 2.43. The minimum absolute atomic E-state index is 0.525. The highest BCUT2D eigenvalue weighted by atomic mass is 79.9. The molecule has 0 saturated heterocycles. The van der Waals surface area contributed by atoms with Gasteiger partial charge in [0.05, 0.1) is 0 Å². The zero-order valence-corrected chi connectivity index (χ0v) is 8.74. The Labute approximate surface area is 72.5 Å². The van der Waals surface area contributed by atoms with E-state index in [1.54, 1.807) is 0 Å². The van der Waals surface area contributed by atoms with Gasteiger partial charge < -0.3 is 0 Å². The van der Waals surface area contributed by atoms with Crippen LogP contribution in [-0.2, 0) is 0 Å². The first-order chi connectivity index (χ1) is 4.54. The molecule has 0 aromatic heterocycles. The fourth-order valence-electron chi connectivity index (χ4n) is 1.93. The number of alkyl halides is 1. The molecule has 1 fully saturated rings. The SMILES string of the molecule is CC1CCCC(C)(C)C1Br. The predicted octanol–water partition coefficient (Wildman–Crippen LogP) is 3.60. The Kier molecular flexibility index (Phi) is 2.44. The maximum atomic E-state index is 3.78. The zero-order valence-electron chi connectivity index (χ0n) is 7.15. The van der Waals surface area contributed by atoms with Crippen LogP contribution in [0.2, 0.25) is 0 Å². The molecule has 0 aromatic carbocycles. The van der Waals surface area contributed by atoms with Crippen molar-refractivity contribution in [2.24, 2.45) is 11.3 Å². The third kappa shape index (κ3) is 1.55. The molecule has 0 aliphatic heterocycles. The molecule has 0 bridgehead atoms. The molecular weight excluding hydrogens is 188 g/mol. The van der Waals surface area contributed by atoms with Crippen molar-refractivity contribution >= 4 is 15.9 Å². The van der Waals surface area contributed by atoms with E-state index < -0.39 is 0 Å². The van der Waals surface area contributed by atoms with Gasteiger partial charge in [0.15, 0.2) is 0 Å². The lowest BCUT2D eigenvalue weighted by atomic mass is 9.73. The third-order valence-corrected chi connectivity index (χ3v) is 4.87. The smallest absolute Gasteiger partial charge is 0.0222 e. The van der Waals surface area contributed by atoms with Gasteiger partial charge in [0.2, 0.25) is 0 Å². The van der Waals surface area contributed by atoms with Gasteiger partial charge >= 0.3 is 0 Å². The summed E-state index contributed by atoms with van der Waals surface area (Å²) >= 11 is 3.78. The van der Waals surface area contributed by atoms with Crippen LogP contribution >= 0.6 is 15.9 Å². The standard InChI is InChI=1S/C9H17Br/c1-7-5-4-6-9(2,3)8(7)10/h7-8H,4-6H2,1-3H3. The predicted molar refractivity (Wildman–Crippen MR) is 49.5 cm³/mol. The van der Waals surface area contributed by atoms with Crippen molar-refractivity contribution in [1.82, 2.24) is 0 Å². The number of hydrogen-bond donors (Lipinski definition) is 0. The molecular formula is C9H17Br. The summed E-state index contributed by atoms with van der Waals surface area (Å²) in [5.74, 6) is 0.865. The first-order valence-corrected chi connectivity index (χ1v) is 5.10. The molecule has 1 rings (SSSR count). The van der Waals surface area contributed by atoms with Crippen molar-refractivity contribution in [3.05, 3.63) is 0 Å². The molecule has 60 valence electrons. The van der Waals surface area contributed by atoms with Crippen molar-refractivity contribution in [3.63, 3.8) is 0 Å². The molecule has 2 atom stereocenters. The largest absolute Gasteiger partial charge is 0.0882 e. The first-order valence-electron chi connectivity index (χ1n) is 4.18. The van der Waals surface area contributed by atoms with E-state index in [1.165, 1.54) is 19.3 Å². The quantitative estimate of drug-likeness (QED) is 0.530. The van der Waals surface area contributed by atoms with Crippen LogP contribution in [0.15, 0.2) is 0 Å². The molecule has 2 unspecified atom stereocenters. The highest BCUT2D eigenvalue weighted by molar-refractivity contribution is 9.09. The number of halogens is 1. The van der Waals surface area contributed by atoms with Gasteiger partial charge in [-0.25, -0.2) is 0 Å². The van der Waals surface area contributed by atoms with Crippen LogP contribution in [0.5, 0.6) is 0 Å². The van der Waals surface area contributed by atoms with E-state index >= 15 is 0 Å². The van der Waals surface area contributed by atoms with Crippen molar-refractivity contribution in [2.75, 3.05) is 0 Å².